The van der Waals surface area contributed by atoms with Crippen molar-refractivity contribution in [2.75, 3.05) is 30.4 Å². The van der Waals surface area contributed by atoms with E-state index in [2.05, 4.69) is 22.2 Å². The topological polar surface area (TPSA) is 84.2 Å². The van der Waals surface area contributed by atoms with Gasteiger partial charge in [0.15, 0.2) is 0 Å². The van der Waals surface area contributed by atoms with E-state index in [1.54, 1.807) is 7.05 Å². The van der Waals surface area contributed by atoms with Crippen molar-refractivity contribution in [3.63, 3.8) is 0 Å². The first-order chi connectivity index (χ1) is 9.17. The van der Waals surface area contributed by atoms with Gasteiger partial charge in [-0.3, -0.25) is 10.1 Å². The largest absolute Gasteiger partial charge is 0.367 e. The Bertz CT molecular complexity index is 461. The van der Waals surface area contributed by atoms with Crippen LogP contribution in [0.4, 0.5) is 17.3 Å². The van der Waals surface area contributed by atoms with Crippen LogP contribution in [-0.4, -0.2) is 35.0 Å². The Morgan fingerprint density at radius 2 is 2.26 bits per heavy atom. The molecular formula is C12H19N5O2. The zero-order valence-corrected chi connectivity index (χ0v) is 11.3. The maximum atomic E-state index is 11.3. The zero-order valence-electron chi connectivity index (χ0n) is 11.3. The van der Waals surface area contributed by atoms with E-state index in [1.807, 2.05) is 4.90 Å². The lowest BCUT2D eigenvalue weighted by atomic mass is 10.3. The predicted molar refractivity (Wildman–Crippen MR) is 73.5 cm³/mol. The number of rotatable bonds is 7. The number of hydrogen-bond donors (Lipinski definition) is 1. The smallest absolute Gasteiger partial charge is 0.353 e. The average Bonchev–Trinajstić information content (AvgIpc) is 3.21. The highest BCUT2D eigenvalue weighted by molar-refractivity contribution is 5.70. The molecule has 1 saturated carbocycles. The molecule has 104 valence electrons. The van der Waals surface area contributed by atoms with Crippen molar-refractivity contribution in [2.24, 2.45) is 5.92 Å². The van der Waals surface area contributed by atoms with Gasteiger partial charge in [0.05, 0.1) is 4.92 Å². The Morgan fingerprint density at radius 3 is 2.79 bits per heavy atom. The van der Waals surface area contributed by atoms with Crippen molar-refractivity contribution in [3.8, 4) is 0 Å². The van der Waals surface area contributed by atoms with E-state index >= 15 is 0 Å². The van der Waals surface area contributed by atoms with Gasteiger partial charge >= 0.3 is 5.69 Å². The van der Waals surface area contributed by atoms with Gasteiger partial charge in [-0.05, 0) is 25.2 Å². The summed E-state index contributed by atoms with van der Waals surface area (Å²) in [6.45, 7) is 3.68. The normalized spacial score (nSPS) is 14.2. The second-order valence-corrected chi connectivity index (χ2v) is 4.79. The SMILES string of the molecule is CCCN(CC1CC1)c1ncnc(NC)c1[N+](=O)[O-]. The first-order valence-corrected chi connectivity index (χ1v) is 6.59. The summed E-state index contributed by atoms with van der Waals surface area (Å²) < 4.78 is 0. The molecule has 0 saturated heterocycles. The second-order valence-electron chi connectivity index (χ2n) is 4.79. The Morgan fingerprint density at radius 1 is 1.53 bits per heavy atom. The molecule has 1 heterocycles. The molecule has 0 radical (unpaired) electrons. The molecule has 0 aliphatic heterocycles. The molecule has 1 aliphatic carbocycles. The number of aromatic nitrogens is 2. The minimum atomic E-state index is -0.406. The lowest BCUT2D eigenvalue weighted by molar-refractivity contribution is -0.383. The minimum absolute atomic E-state index is 0.0286. The maximum absolute atomic E-state index is 11.3. The Labute approximate surface area is 112 Å². The van der Waals surface area contributed by atoms with Crippen LogP contribution in [0.2, 0.25) is 0 Å². The molecular weight excluding hydrogens is 246 g/mol. The fourth-order valence-electron chi connectivity index (χ4n) is 2.12. The van der Waals surface area contributed by atoms with E-state index in [-0.39, 0.29) is 11.5 Å². The monoisotopic (exact) mass is 265 g/mol. The molecule has 19 heavy (non-hydrogen) atoms. The maximum Gasteiger partial charge on any atom is 0.353 e. The molecule has 1 N–H and O–H groups in total. The molecule has 1 aliphatic rings. The molecule has 0 bridgehead atoms. The molecule has 1 fully saturated rings. The van der Waals surface area contributed by atoms with Gasteiger partial charge in [0.2, 0.25) is 11.6 Å². The van der Waals surface area contributed by atoms with Gasteiger partial charge in [-0.25, -0.2) is 9.97 Å². The highest BCUT2D eigenvalue weighted by Crippen LogP contribution is 2.35. The number of nitro groups is 1. The van der Waals surface area contributed by atoms with Crippen LogP contribution < -0.4 is 10.2 Å². The number of hydrogen-bond acceptors (Lipinski definition) is 6. The summed E-state index contributed by atoms with van der Waals surface area (Å²) in [7, 11) is 1.63. The van der Waals surface area contributed by atoms with Crippen LogP contribution in [0.3, 0.4) is 0 Å². The molecule has 7 heteroatoms. The van der Waals surface area contributed by atoms with E-state index in [4.69, 9.17) is 0 Å². The molecule has 1 aromatic heterocycles. The van der Waals surface area contributed by atoms with Gasteiger partial charge < -0.3 is 10.2 Å². The highest BCUT2D eigenvalue weighted by Gasteiger charge is 2.30. The van der Waals surface area contributed by atoms with Gasteiger partial charge in [-0.2, -0.15) is 0 Å². The van der Waals surface area contributed by atoms with E-state index in [9.17, 15) is 10.1 Å². The lowest BCUT2D eigenvalue weighted by Gasteiger charge is -2.22. The van der Waals surface area contributed by atoms with E-state index < -0.39 is 4.92 Å². The van der Waals surface area contributed by atoms with Crippen molar-refractivity contribution in [1.82, 2.24) is 9.97 Å². The lowest BCUT2D eigenvalue weighted by Crippen LogP contribution is -2.28. The molecule has 0 amide bonds. The fraction of sp³-hybridized carbons (Fsp3) is 0.667. The Hall–Kier alpha value is -1.92. The first kappa shape index (κ1) is 13.5. The van der Waals surface area contributed by atoms with Crippen molar-refractivity contribution < 1.29 is 4.92 Å². The van der Waals surface area contributed by atoms with E-state index in [1.165, 1.54) is 19.2 Å². The molecule has 2 rings (SSSR count). The number of nitrogens with zero attached hydrogens (tertiary/aromatic N) is 4. The fourth-order valence-corrected chi connectivity index (χ4v) is 2.12. The molecule has 0 unspecified atom stereocenters. The van der Waals surface area contributed by atoms with Crippen LogP contribution in [0.5, 0.6) is 0 Å². The minimum Gasteiger partial charge on any atom is -0.367 e. The van der Waals surface area contributed by atoms with Gasteiger partial charge in [-0.1, -0.05) is 6.92 Å². The molecule has 0 aromatic carbocycles. The highest BCUT2D eigenvalue weighted by atomic mass is 16.6. The third kappa shape index (κ3) is 3.10. The number of nitrogens with one attached hydrogen (secondary N) is 1. The van der Waals surface area contributed by atoms with Crippen LogP contribution in [0, 0.1) is 16.0 Å². The van der Waals surface area contributed by atoms with Crippen LogP contribution in [-0.2, 0) is 0 Å². The van der Waals surface area contributed by atoms with E-state index in [0.29, 0.717) is 11.7 Å². The van der Waals surface area contributed by atoms with Gasteiger partial charge in [0.25, 0.3) is 0 Å². The van der Waals surface area contributed by atoms with Crippen LogP contribution in [0.25, 0.3) is 0 Å². The van der Waals surface area contributed by atoms with Crippen LogP contribution in [0.1, 0.15) is 26.2 Å². The summed E-state index contributed by atoms with van der Waals surface area (Å²) in [6.07, 6.45) is 4.72. The Kier molecular flexibility index (Phi) is 4.13. The summed E-state index contributed by atoms with van der Waals surface area (Å²) in [6, 6.07) is 0. The van der Waals surface area contributed by atoms with Crippen molar-refractivity contribution in [3.05, 3.63) is 16.4 Å². The summed E-state index contributed by atoms with van der Waals surface area (Å²) in [5.74, 6) is 1.35. The van der Waals surface area contributed by atoms with Gasteiger partial charge in [0.1, 0.15) is 6.33 Å². The van der Waals surface area contributed by atoms with Crippen molar-refractivity contribution in [1.29, 1.82) is 0 Å². The molecule has 7 nitrogen and oxygen atoms in total. The van der Waals surface area contributed by atoms with Crippen LogP contribution >= 0.6 is 0 Å². The third-order valence-electron chi connectivity index (χ3n) is 3.19. The quantitative estimate of drug-likeness (QED) is 0.600. The van der Waals surface area contributed by atoms with Crippen LogP contribution in [0.15, 0.2) is 6.33 Å². The van der Waals surface area contributed by atoms with Crippen molar-refractivity contribution in [2.45, 2.75) is 26.2 Å². The standard InChI is InChI=1S/C12H19N5O2/c1-3-6-16(7-9-4-5-9)12-10(17(18)19)11(13-2)14-8-15-12/h8-9H,3-7H2,1-2H3,(H,13,14,15). The number of anilines is 2. The Balaban J connectivity index is 2.35. The summed E-state index contributed by atoms with van der Waals surface area (Å²) in [5.41, 5.74) is -0.0286. The van der Waals surface area contributed by atoms with Gasteiger partial charge in [0, 0.05) is 20.1 Å². The summed E-state index contributed by atoms with van der Waals surface area (Å²) in [5, 5.41) is 14.0. The zero-order chi connectivity index (χ0) is 13.8. The first-order valence-electron chi connectivity index (χ1n) is 6.59. The van der Waals surface area contributed by atoms with Crippen molar-refractivity contribution >= 4 is 17.3 Å². The van der Waals surface area contributed by atoms with Gasteiger partial charge in [-0.15, -0.1) is 0 Å². The molecule has 0 atom stereocenters. The average molecular weight is 265 g/mol. The predicted octanol–water partition coefficient (Wildman–Crippen LogP) is 2.05. The molecule has 0 spiro atoms. The summed E-state index contributed by atoms with van der Waals surface area (Å²) >= 11 is 0. The summed E-state index contributed by atoms with van der Waals surface area (Å²) in [4.78, 5) is 20.9. The second kappa shape index (κ2) is 5.81. The van der Waals surface area contributed by atoms with E-state index in [0.717, 1.165) is 19.5 Å². The molecule has 1 aromatic rings. The third-order valence-corrected chi connectivity index (χ3v) is 3.19.